The summed E-state index contributed by atoms with van der Waals surface area (Å²) >= 11 is 7.50. The van der Waals surface area contributed by atoms with E-state index in [0.717, 1.165) is 23.9 Å². The van der Waals surface area contributed by atoms with Gasteiger partial charge in [0.1, 0.15) is 5.82 Å². The van der Waals surface area contributed by atoms with E-state index in [0.29, 0.717) is 14.0 Å². The van der Waals surface area contributed by atoms with Crippen LogP contribution in [0.15, 0.2) is 52.9 Å². The van der Waals surface area contributed by atoms with E-state index in [-0.39, 0.29) is 17.3 Å². The number of aromatic nitrogens is 2. The number of nitrogens with one attached hydrogen (secondary N) is 1. The summed E-state index contributed by atoms with van der Waals surface area (Å²) in [7, 11) is 0. The molecular formula is C17H11F4N3OS3. The van der Waals surface area contributed by atoms with Crippen molar-refractivity contribution in [3.05, 3.63) is 63.9 Å². The van der Waals surface area contributed by atoms with Crippen LogP contribution in [-0.4, -0.2) is 21.4 Å². The van der Waals surface area contributed by atoms with Gasteiger partial charge >= 0.3 is 6.18 Å². The first-order chi connectivity index (χ1) is 13.2. The highest BCUT2D eigenvalue weighted by molar-refractivity contribution is 8.01. The fourth-order valence-electron chi connectivity index (χ4n) is 2.16. The Hall–Kier alpha value is -2.24. The van der Waals surface area contributed by atoms with Crippen LogP contribution in [0.5, 0.6) is 0 Å². The summed E-state index contributed by atoms with van der Waals surface area (Å²) in [5.41, 5.74) is -0.193. The second-order valence-corrected chi connectivity index (χ2v) is 8.28. The van der Waals surface area contributed by atoms with Crippen molar-refractivity contribution in [1.29, 1.82) is 0 Å². The van der Waals surface area contributed by atoms with Crippen molar-refractivity contribution in [2.24, 2.45) is 0 Å². The van der Waals surface area contributed by atoms with Crippen LogP contribution >= 0.6 is 35.3 Å². The highest BCUT2D eigenvalue weighted by Crippen LogP contribution is 2.31. The van der Waals surface area contributed by atoms with Crippen LogP contribution in [-0.2, 0) is 11.0 Å². The van der Waals surface area contributed by atoms with E-state index in [1.54, 1.807) is 0 Å². The summed E-state index contributed by atoms with van der Waals surface area (Å²) in [6.45, 7) is 0. The van der Waals surface area contributed by atoms with Crippen LogP contribution in [0.2, 0.25) is 0 Å². The molecule has 3 rings (SSSR count). The number of halogens is 4. The maximum Gasteiger partial charge on any atom is 0.416 e. The molecule has 4 nitrogen and oxygen atoms in total. The van der Waals surface area contributed by atoms with E-state index in [4.69, 9.17) is 12.2 Å². The number of amides is 1. The number of carbonyl (C=O) groups is 1. The van der Waals surface area contributed by atoms with E-state index in [2.05, 4.69) is 10.4 Å². The molecule has 1 aromatic heterocycles. The van der Waals surface area contributed by atoms with Crippen molar-refractivity contribution in [3.63, 3.8) is 0 Å². The van der Waals surface area contributed by atoms with Crippen molar-refractivity contribution in [3.8, 4) is 5.69 Å². The van der Waals surface area contributed by atoms with Crippen molar-refractivity contribution in [2.75, 3.05) is 11.1 Å². The zero-order valence-electron chi connectivity index (χ0n) is 13.9. The Morgan fingerprint density at radius 3 is 2.61 bits per heavy atom. The molecule has 0 bridgehead atoms. The SMILES string of the molecule is O=C(CSc1nn(-c2ccc(F)cc2)c(=S)s1)Nc1cccc(C(F)(F)F)c1. The molecule has 0 aliphatic heterocycles. The Bertz CT molecular complexity index is 1040. The lowest BCUT2D eigenvalue weighted by Gasteiger charge is -2.09. The van der Waals surface area contributed by atoms with Gasteiger partial charge in [-0.3, -0.25) is 4.79 Å². The summed E-state index contributed by atoms with van der Waals surface area (Å²) in [5.74, 6) is -0.910. The highest BCUT2D eigenvalue weighted by Gasteiger charge is 2.30. The topological polar surface area (TPSA) is 46.9 Å². The zero-order valence-corrected chi connectivity index (χ0v) is 16.3. The average Bonchev–Trinajstić information content (AvgIpc) is 3.01. The molecule has 28 heavy (non-hydrogen) atoms. The minimum absolute atomic E-state index is 0.0536. The standard InChI is InChI=1S/C17H11F4N3OS3/c18-11-4-6-13(7-5-11)24-16(26)28-15(23-24)27-9-14(25)22-12-3-1-2-10(8-12)17(19,20)21/h1-8H,9H2,(H,22,25). The molecule has 0 spiro atoms. The van der Waals surface area contributed by atoms with Gasteiger partial charge in [-0.25, -0.2) is 9.07 Å². The Balaban J connectivity index is 1.63. The number of rotatable bonds is 5. The Kier molecular flexibility index (Phi) is 6.16. The molecule has 1 heterocycles. The number of anilines is 1. The first kappa shape index (κ1) is 20.5. The van der Waals surface area contributed by atoms with Crippen LogP contribution in [0.1, 0.15) is 5.56 Å². The first-order valence-corrected chi connectivity index (χ1v) is 9.89. The molecule has 0 unspecified atom stereocenters. The lowest BCUT2D eigenvalue weighted by atomic mass is 10.2. The largest absolute Gasteiger partial charge is 0.416 e. The lowest BCUT2D eigenvalue weighted by molar-refractivity contribution is -0.137. The summed E-state index contributed by atoms with van der Waals surface area (Å²) < 4.78 is 53.6. The van der Waals surface area contributed by atoms with Gasteiger partial charge in [-0.1, -0.05) is 29.2 Å². The van der Waals surface area contributed by atoms with Gasteiger partial charge in [0, 0.05) is 5.69 Å². The van der Waals surface area contributed by atoms with Crippen LogP contribution in [0.4, 0.5) is 23.2 Å². The van der Waals surface area contributed by atoms with Crippen LogP contribution in [0.25, 0.3) is 5.69 Å². The predicted molar refractivity (Wildman–Crippen MR) is 103 cm³/mol. The minimum atomic E-state index is -4.48. The average molecular weight is 445 g/mol. The normalized spacial score (nSPS) is 11.4. The molecule has 0 aliphatic rings. The molecule has 0 atom stereocenters. The van der Waals surface area contributed by atoms with E-state index < -0.39 is 17.6 Å². The fourth-order valence-corrected chi connectivity index (χ4v) is 4.32. The summed E-state index contributed by atoms with van der Waals surface area (Å²) in [5, 5.41) is 6.70. The van der Waals surface area contributed by atoms with Gasteiger partial charge in [0.25, 0.3) is 0 Å². The molecule has 0 aliphatic carbocycles. The maximum absolute atomic E-state index is 13.0. The number of alkyl halides is 3. The van der Waals surface area contributed by atoms with Crippen molar-refractivity contribution in [1.82, 2.24) is 9.78 Å². The van der Waals surface area contributed by atoms with Gasteiger partial charge in [0.2, 0.25) is 5.91 Å². The number of benzene rings is 2. The molecule has 1 N–H and O–H groups in total. The van der Waals surface area contributed by atoms with Crippen molar-refractivity contribution < 1.29 is 22.4 Å². The molecule has 0 fully saturated rings. The molecule has 11 heteroatoms. The fraction of sp³-hybridized carbons (Fsp3) is 0.118. The second kappa shape index (κ2) is 8.41. The Morgan fingerprint density at radius 1 is 1.21 bits per heavy atom. The molecule has 3 aromatic rings. The van der Waals surface area contributed by atoms with Gasteiger partial charge in [-0.05, 0) is 54.7 Å². The van der Waals surface area contributed by atoms with Gasteiger partial charge in [-0.2, -0.15) is 13.2 Å². The summed E-state index contributed by atoms with van der Waals surface area (Å²) in [6, 6.07) is 10.0. The Labute approximate surface area is 170 Å². The quantitative estimate of drug-likeness (QED) is 0.318. The summed E-state index contributed by atoms with van der Waals surface area (Å²) in [4.78, 5) is 12.0. The Morgan fingerprint density at radius 2 is 1.93 bits per heavy atom. The van der Waals surface area contributed by atoms with Gasteiger partial charge in [-0.15, -0.1) is 5.10 Å². The molecule has 0 saturated heterocycles. The lowest BCUT2D eigenvalue weighted by Crippen LogP contribution is -2.15. The third-order valence-corrected chi connectivity index (χ3v) is 5.77. The highest BCUT2D eigenvalue weighted by atomic mass is 32.2. The molecular weight excluding hydrogens is 434 g/mol. The monoisotopic (exact) mass is 445 g/mol. The number of carbonyl (C=O) groups excluding carboxylic acids is 1. The van der Waals surface area contributed by atoms with Crippen LogP contribution in [0.3, 0.4) is 0 Å². The zero-order chi connectivity index (χ0) is 20.3. The number of hydrogen-bond acceptors (Lipinski definition) is 5. The molecule has 1 amide bonds. The van der Waals surface area contributed by atoms with Gasteiger partial charge < -0.3 is 5.32 Å². The van der Waals surface area contributed by atoms with E-state index in [1.165, 1.54) is 52.4 Å². The van der Waals surface area contributed by atoms with Gasteiger partial charge in [0.15, 0.2) is 8.29 Å². The summed E-state index contributed by atoms with van der Waals surface area (Å²) in [6.07, 6.45) is -4.48. The van der Waals surface area contributed by atoms with Gasteiger partial charge in [0.05, 0.1) is 17.0 Å². The van der Waals surface area contributed by atoms with E-state index >= 15 is 0 Å². The van der Waals surface area contributed by atoms with Crippen LogP contribution < -0.4 is 5.32 Å². The number of hydrogen-bond donors (Lipinski definition) is 1. The molecule has 146 valence electrons. The maximum atomic E-state index is 13.0. The smallest absolute Gasteiger partial charge is 0.325 e. The van der Waals surface area contributed by atoms with E-state index in [1.807, 2.05) is 0 Å². The third kappa shape index (κ3) is 5.18. The molecule has 0 saturated carbocycles. The number of thioether (sulfide) groups is 1. The van der Waals surface area contributed by atoms with Crippen molar-refractivity contribution >= 4 is 46.9 Å². The van der Waals surface area contributed by atoms with E-state index in [9.17, 15) is 22.4 Å². The predicted octanol–water partition coefficient (Wildman–Crippen LogP) is 5.55. The van der Waals surface area contributed by atoms with Crippen LogP contribution in [0, 0.1) is 9.77 Å². The second-order valence-electron chi connectivity index (χ2n) is 5.44. The molecule has 2 aromatic carbocycles. The third-order valence-electron chi connectivity index (χ3n) is 3.40. The minimum Gasteiger partial charge on any atom is -0.325 e. The van der Waals surface area contributed by atoms with Crippen molar-refractivity contribution in [2.45, 2.75) is 10.5 Å². The molecule has 0 radical (unpaired) electrons. The number of nitrogens with zero attached hydrogens (tertiary/aromatic N) is 2. The first-order valence-electron chi connectivity index (χ1n) is 7.68.